The summed E-state index contributed by atoms with van der Waals surface area (Å²) in [5.41, 5.74) is 0. The minimum absolute atomic E-state index is 1.05. The highest BCUT2D eigenvalue weighted by molar-refractivity contribution is 5.00. The molecule has 0 bridgehead atoms. The average molecular weight is 167 g/mol. The molecule has 0 spiro atoms. The van der Waals surface area contributed by atoms with Gasteiger partial charge in [0.25, 0.3) is 0 Å². The molecule has 1 heterocycles. The molecule has 0 saturated carbocycles. The van der Waals surface area contributed by atoms with Crippen LogP contribution in [-0.2, 0) is 4.74 Å². The molecule has 2 heteroatoms. The summed E-state index contributed by atoms with van der Waals surface area (Å²) in [4.78, 5) is 0. The molecule has 0 aromatic heterocycles. The van der Waals surface area contributed by atoms with Crippen molar-refractivity contribution in [2.24, 2.45) is 0 Å². The Morgan fingerprint density at radius 1 is 1.33 bits per heavy atom. The lowest BCUT2D eigenvalue weighted by molar-refractivity contribution is 0.316. The fourth-order valence-corrected chi connectivity index (χ4v) is 1.19. The number of nitrogens with one attached hydrogen (secondary N) is 1. The molecule has 1 aliphatic heterocycles. The largest absolute Gasteiger partial charge is 0.466 e. The Morgan fingerprint density at radius 2 is 2.25 bits per heavy atom. The van der Waals surface area contributed by atoms with Gasteiger partial charge < -0.3 is 10.1 Å². The van der Waals surface area contributed by atoms with Crippen LogP contribution in [0.4, 0.5) is 0 Å². The molecule has 0 amide bonds. The van der Waals surface area contributed by atoms with Crippen LogP contribution in [0, 0.1) is 0 Å². The van der Waals surface area contributed by atoms with Gasteiger partial charge in [0.05, 0.1) is 0 Å². The van der Waals surface area contributed by atoms with E-state index in [0.29, 0.717) is 0 Å². The predicted octanol–water partition coefficient (Wildman–Crippen LogP) is 2.89. The van der Waals surface area contributed by atoms with Gasteiger partial charge in [-0.15, -0.1) is 0 Å². The van der Waals surface area contributed by atoms with E-state index in [9.17, 15) is 0 Å². The van der Waals surface area contributed by atoms with Crippen LogP contribution < -0.4 is 5.32 Å². The molecule has 1 aliphatic rings. The zero-order chi connectivity index (χ0) is 8.65. The van der Waals surface area contributed by atoms with E-state index >= 15 is 0 Å². The number of allylic oxidation sites excluding steroid dienone is 1. The molecular weight excluding hydrogens is 150 g/mol. The van der Waals surface area contributed by atoms with Crippen molar-refractivity contribution in [1.29, 1.82) is 0 Å². The number of rotatable bonds is 5. The molecule has 0 saturated heterocycles. The van der Waals surface area contributed by atoms with Gasteiger partial charge in [-0.1, -0.05) is 26.2 Å². The van der Waals surface area contributed by atoms with Crippen LogP contribution in [-0.4, -0.2) is 0 Å². The zero-order valence-electron chi connectivity index (χ0n) is 7.68. The summed E-state index contributed by atoms with van der Waals surface area (Å²) in [5.74, 6) is 1.05. The first kappa shape index (κ1) is 9.17. The first-order valence-electron chi connectivity index (χ1n) is 4.70. The molecular formula is C10H17NO. The van der Waals surface area contributed by atoms with Gasteiger partial charge in [-0.05, 0) is 6.42 Å². The molecule has 0 fully saturated rings. The Labute approximate surface area is 74.3 Å². The van der Waals surface area contributed by atoms with Gasteiger partial charge >= 0.3 is 0 Å². The minimum Gasteiger partial charge on any atom is -0.466 e. The van der Waals surface area contributed by atoms with Gasteiger partial charge in [-0.25, -0.2) is 0 Å². The van der Waals surface area contributed by atoms with E-state index in [2.05, 4.69) is 12.2 Å². The molecule has 0 aromatic carbocycles. The van der Waals surface area contributed by atoms with E-state index in [1.807, 2.05) is 6.20 Å². The van der Waals surface area contributed by atoms with Crippen molar-refractivity contribution in [3.05, 3.63) is 24.4 Å². The van der Waals surface area contributed by atoms with Crippen molar-refractivity contribution in [3.63, 3.8) is 0 Å². The van der Waals surface area contributed by atoms with Crippen molar-refractivity contribution in [1.82, 2.24) is 5.32 Å². The number of hydrogen-bond acceptors (Lipinski definition) is 2. The Hall–Kier alpha value is -0.920. The van der Waals surface area contributed by atoms with Gasteiger partial charge in [-0.2, -0.15) is 0 Å². The number of ether oxygens (including phenoxy) is 1. The van der Waals surface area contributed by atoms with E-state index in [1.54, 1.807) is 12.5 Å². The van der Waals surface area contributed by atoms with Crippen LogP contribution in [0.1, 0.15) is 39.0 Å². The Morgan fingerprint density at radius 3 is 2.92 bits per heavy atom. The maximum absolute atomic E-state index is 5.28. The first-order chi connectivity index (χ1) is 5.93. The standard InChI is InChI=1S/C10H17NO/c1-2-3-4-5-6-10-9-11-7-8-12-10/h7-9,11H,2-6H2,1H3. The maximum atomic E-state index is 5.28. The van der Waals surface area contributed by atoms with Crippen LogP contribution in [0.3, 0.4) is 0 Å². The second kappa shape index (κ2) is 5.70. The molecule has 0 aromatic rings. The van der Waals surface area contributed by atoms with Crippen LogP contribution in [0.15, 0.2) is 24.4 Å². The quantitative estimate of drug-likeness (QED) is 0.636. The average Bonchev–Trinajstić information content (AvgIpc) is 2.14. The molecule has 0 atom stereocenters. The summed E-state index contributed by atoms with van der Waals surface area (Å²) in [6.45, 7) is 2.22. The normalized spacial score (nSPS) is 14.9. The number of unbranched alkanes of at least 4 members (excludes halogenated alkanes) is 3. The van der Waals surface area contributed by atoms with Crippen molar-refractivity contribution in [2.75, 3.05) is 0 Å². The monoisotopic (exact) mass is 167 g/mol. The molecule has 0 unspecified atom stereocenters. The predicted molar refractivity (Wildman–Crippen MR) is 50.2 cm³/mol. The third kappa shape index (κ3) is 3.46. The lowest BCUT2D eigenvalue weighted by atomic mass is 10.1. The van der Waals surface area contributed by atoms with Crippen LogP contribution in [0.5, 0.6) is 0 Å². The van der Waals surface area contributed by atoms with Gasteiger partial charge in [0.15, 0.2) is 0 Å². The summed E-state index contributed by atoms with van der Waals surface area (Å²) in [6, 6.07) is 0. The lowest BCUT2D eigenvalue weighted by Gasteiger charge is -2.09. The van der Waals surface area contributed by atoms with E-state index in [1.165, 1.54) is 25.7 Å². The van der Waals surface area contributed by atoms with Crippen LogP contribution >= 0.6 is 0 Å². The van der Waals surface area contributed by atoms with E-state index < -0.39 is 0 Å². The highest BCUT2D eigenvalue weighted by Gasteiger charge is 1.98. The second-order valence-electron chi connectivity index (χ2n) is 3.01. The molecule has 2 nitrogen and oxygen atoms in total. The van der Waals surface area contributed by atoms with Crippen molar-refractivity contribution in [3.8, 4) is 0 Å². The van der Waals surface area contributed by atoms with Crippen molar-refractivity contribution >= 4 is 0 Å². The van der Waals surface area contributed by atoms with Gasteiger partial charge in [0, 0.05) is 18.8 Å². The summed E-state index contributed by atoms with van der Waals surface area (Å²) in [6.07, 6.45) is 11.6. The molecule has 0 aliphatic carbocycles. The zero-order valence-corrected chi connectivity index (χ0v) is 7.68. The third-order valence-corrected chi connectivity index (χ3v) is 1.90. The highest BCUT2D eigenvalue weighted by Crippen LogP contribution is 2.12. The van der Waals surface area contributed by atoms with Gasteiger partial charge in [0.1, 0.15) is 12.0 Å². The Bertz CT molecular complexity index is 173. The Balaban J connectivity index is 2.03. The summed E-state index contributed by atoms with van der Waals surface area (Å²) in [5, 5.41) is 3.01. The second-order valence-corrected chi connectivity index (χ2v) is 3.01. The van der Waals surface area contributed by atoms with Crippen LogP contribution in [0.25, 0.3) is 0 Å². The highest BCUT2D eigenvalue weighted by atomic mass is 16.5. The van der Waals surface area contributed by atoms with Crippen molar-refractivity contribution in [2.45, 2.75) is 39.0 Å². The Kier molecular flexibility index (Phi) is 4.35. The number of hydrogen-bond donors (Lipinski definition) is 1. The fraction of sp³-hybridized carbons (Fsp3) is 0.600. The first-order valence-corrected chi connectivity index (χ1v) is 4.70. The summed E-state index contributed by atoms with van der Waals surface area (Å²) in [7, 11) is 0. The van der Waals surface area contributed by atoms with Gasteiger partial charge in [0.2, 0.25) is 0 Å². The van der Waals surface area contributed by atoms with E-state index in [4.69, 9.17) is 4.74 Å². The molecule has 68 valence electrons. The SMILES string of the molecule is CCCCCCC1=CNC=CO1. The smallest absolute Gasteiger partial charge is 0.119 e. The van der Waals surface area contributed by atoms with E-state index in [-0.39, 0.29) is 0 Å². The summed E-state index contributed by atoms with van der Waals surface area (Å²) < 4.78 is 5.28. The lowest BCUT2D eigenvalue weighted by Crippen LogP contribution is -2.02. The fourth-order valence-electron chi connectivity index (χ4n) is 1.19. The van der Waals surface area contributed by atoms with Gasteiger partial charge in [-0.3, -0.25) is 0 Å². The molecule has 1 N–H and O–H groups in total. The maximum Gasteiger partial charge on any atom is 0.119 e. The third-order valence-electron chi connectivity index (χ3n) is 1.90. The van der Waals surface area contributed by atoms with E-state index in [0.717, 1.165) is 12.2 Å². The molecule has 0 radical (unpaired) electrons. The summed E-state index contributed by atoms with van der Waals surface area (Å²) >= 11 is 0. The van der Waals surface area contributed by atoms with Crippen molar-refractivity contribution < 1.29 is 4.74 Å². The minimum atomic E-state index is 1.05. The van der Waals surface area contributed by atoms with Crippen LogP contribution in [0.2, 0.25) is 0 Å². The molecule has 12 heavy (non-hydrogen) atoms. The topological polar surface area (TPSA) is 21.3 Å². The molecule has 1 rings (SSSR count).